The van der Waals surface area contributed by atoms with Crippen molar-refractivity contribution in [2.45, 2.75) is 83.5 Å². The van der Waals surface area contributed by atoms with Gasteiger partial charge in [0.05, 0.1) is 23.7 Å². The van der Waals surface area contributed by atoms with Gasteiger partial charge in [-0.1, -0.05) is 18.6 Å². The molecular weight excluding hydrogens is 448 g/mol. The highest BCUT2D eigenvalue weighted by molar-refractivity contribution is 5.97. The highest BCUT2D eigenvalue weighted by Crippen LogP contribution is 2.68. The summed E-state index contributed by atoms with van der Waals surface area (Å²) in [7, 11) is 0. The molecule has 3 fully saturated rings. The van der Waals surface area contributed by atoms with Gasteiger partial charge in [0.1, 0.15) is 11.7 Å². The van der Waals surface area contributed by atoms with Crippen LogP contribution < -0.4 is 0 Å². The molecule has 4 N–H and O–H groups in total. The molecule has 7 nitrogen and oxygen atoms in total. The van der Waals surface area contributed by atoms with E-state index in [0.717, 1.165) is 31.3 Å². The maximum Gasteiger partial charge on any atom is 0.336 e. The van der Waals surface area contributed by atoms with Crippen LogP contribution in [0.4, 0.5) is 0 Å². The molecule has 3 saturated carbocycles. The Bertz CT molecular complexity index is 970. The van der Waals surface area contributed by atoms with Crippen LogP contribution in [0.1, 0.15) is 65.7 Å². The standard InChI is InChI=1S/C28H40O7/c1-15-11-22(35-25(33)17(15)13-29)18(14-30)20-7-6-19-16-12-24(32)28(34)9-4-5-23(31)27(28,3)21(16)8-10-26(19,20)2/h4-5,16,18-22,24,29-30,32,34H,6-14H2,1-3H3/t16-,18+,19+,20+,21+,22-,24-,26+,27+,28+/m1/s1. The molecular formula is C28H40O7. The molecule has 0 aromatic rings. The zero-order valence-electron chi connectivity index (χ0n) is 21.1. The SMILES string of the molecule is CC1=C(CO)C(=O)O[C@@H]([C@@H](CO)[C@@H]2CC[C@H]3[C@H]4C[C@@H](O)[C@@]5(O)CC=CC(=O)[C@]5(C)[C@H]4CC[C@]23C)C1. The normalized spacial score (nSPS) is 48.2. The van der Waals surface area contributed by atoms with Crippen molar-refractivity contribution in [2.75, 3.05) is 13.2 Å². The van der Waals surface area contributed by atoms with Gasteiger partial charge < -0.3 is 25.2 Å². The fourth-order valence-electron chi connectivity index (χ4n) is 9.25. The molecule has 5 rings (SSSR count). The van der Waals surface area contributed by atoms with Gasteiger partial charge in [0, 0.05) is 18.9 Å². The monoisotopic (exact) mass is 488 g/mol. The van der Waals surface area contributed by atoms with Crippen LogP contribution in [0.25, 0.3) is 0 Å². The quantitative estimate of drug-likeness (QED) is 0.448. The maximum absolute atomic E-state index is 13.2. The third-order valence-corrected chi connectivity index (χ3v) is 11.3. The van der Waals surface area contributed by atoms with E-state index in [1.54, 1.807) is 12.2 Å². The van der Waals surface area contributed by atoms with Gasteiger partial charge in [-0.05, 0) is 87.5 Å². The van der Waals surface area contributed by atoms with Crippen LogP contribution in [0.5, 0.6) is 0 Å². The summed E-state index contributed by atoms with van der Waals surface area (Å²) in [6.45, 7) is 5.57. The summed E-state index contributed by atoms with van der Waals surface area (Å²) in [5, 5.41) is 42.7. The van der Waals surface area contributed by atoms with Crippen molar-refractivity contribution < 1.29 is 34.8 Å². The molecule has 35 heavy (non-hydrogen) atoms. The van der Waals surface area contributed by atoms with Crippen LogP contribution >= 0.6 is 0 Å². The van der Waals surface area contributed by atoms with E-state index in [9.17, 15) is 30.0 Å². The van der Waals surface area contributed by atoms with Crippen molar-refractivity contribution in [1.29, 1.82) is 0 Å². The number of carbonyl (C=O) groups is 2. The number of hydrogen-bond acceptors (Lipinski definition) is 7. The number of allylic oxidation sites excluding steroid dienone is 1. The van der Waals surface area contributed by atoms with Gasteiger partial charge in [0.15, 0.2) is 5.78 Å². The smallest absolute Gasteiger partial charge is 0.336 e. The number of rotatable bonds is 4. The molecule has 0 spiro atoms. The molecule has 0 amide bonds. The van der Waals surface area contributed by atoms with Gasteiger partial charge in [-0.25, -0.2) is 4.79 Å². The van der Waals surface area contributed by atoms with Gasteiger partial charge in [-0.3, -0.25) is 4.79 Å². The average molecular weight is 489 g/mol. The lowest BCUT2D eigenvalue weighted by Crippen LogP contribution is -2.69. The van der Waals surface area contributed by atoms with E-state index in [2.05, 4.69) is 6.92 Å². The first kappa shape index (κ1) is 25.1. The van der Waals surface area contributed by atoms with Crippen molar-refractivity contribution in [3.8, 4) is 0 Å². The Balaban J connectivity index is 1.44. The minimum absolute atomic E-state index is 0.00236. The Hall–Kier alpha value is -1.54. The minimum Gasteiger partial charge on any atom is -0.458 e. The van der Waals surface area contributed by atoms with Crippen LogP contribution in [0, 0.1) is 40.4 Å². The zero-order chi connectivity index (χ0) is 25.3. The zero-order valence-corrected chi connectivity index (χ0v) is 21.1. The third kappa shape index (κ3) is 3.30. The number of fused-ring (bicyclic) bond motifs is 5. The number of ketones is 1. The van der Waals surface area contributed by atoms with E-state index >= 15 is 0 Å². The van der Waals surface area contributed by atoms with E-state index in [1.165, 1.54) is 0 Å². The predicted octanol–water partition coefficient (Wildman–Crippen LogP) is 2.31. The number of esters is 1. The molecule has 0 saturated heterocycles. The van der Waals surface area contributed by atoms with Crippen LogP contribution in [0.3, 0.4) is 0 Å². The number of aliphatic hydroxyl groups excluding tert-OH is 3. The van der Waals surface area contributed by atoms with Crippen molar-refractivity contribution >= 4 is 11.8 Å². The Kier molecular flexibility index (Phi) is 6.11. The summed E-state index contributed by atoms with van der Waals surface area (Å²) in [4.78, 5) is 25.7. The van der Waals surface area contributed by atoms with Crippen LogP contribution in [-0.4, -0.2) is 63.2 Å². The molecule has 0 radical (unpaired) electrons. The Labute approximate surface area is 207 Å². The Morgan fingerprint density at radius 3 is 2.54 bits per heavy atom. The van der Waals surface area contributed by atoms with Gasteiger partial charge in [-0.2, -0.15) is 0 Å². The lowest BCUT2D eigenvalue weighted by atomic mass is 9.43. The molecule has 0 unspecified atom stereocenters. The number of ether oxygens (including phenoxy) is 1. The van der Waals surface area contributed by atoms with Crippen LogP contribution in [-0.2, 0) is 14.3 Å². The maximum atomic E-state index is 13.2. The van der Waals surface area contributed by atoms with E-state index in [1.807, 2.05) is 13.8 Å². The molecule has 1 aliphatic heterocycles. The summed E-state index contributed by atoms with van der Waals surface area (Å²) in [5.74, 6) is -0.252. The van der Waals surface area contributed by atoms with Crippen molar-refractivity contribution in [3.63, 3.8) is 0 Å². The highest BCUT2D eigenvalue weighted by atomic mass is 16.5. The summed E-state index contributed by atoms with van der Waals surface area (Å²) < 4.78 is 5.75. The van der Waals surface area contributed by atoms with Gasteiger partial charge in [0.25, 0.3) is 0 Å². The number of carbonyl (C=O) groups excluding carboxylic acids is 2. The van der Waals surface area contributed by atoms with Gasteiger partial charge in [-0.15, -0.1) is 0 Å². The first-order valence-corrected chi connectivity index (χ1v) is 13.3. The minimum atomic E-state index is -1.43. The van der Waals surface area contributed by atoms with E-state index in [0.29, 0.717) is 24.8 Å². The van der Waals surface area contributed by atoms with Gasteiger partial charge in [0.2, 0.25) is 0 Å². The average Bonchev–Trinajstić information content (AvgIpc) is 3.15. The molecule has 1 heterocycles. The van der Waals surface area contributed by atoms with Crippen molar-refractivity contribution in [3.05, 3.63) is 23.3 Å². The van der Waals surface area contributed by atoms with E-state index in [-0.39, 0.29) is 54.0 Å². The lowest BCUT2D eigenvalue weighted by Gasteiger charge is -2.63. The Morgan fingerprint density at radius 1 is 1.14 bits per heavy atom. The van der Waals surface area contributed by atoms with Gasteiger partial charge >= 0.3 is 5.97 Å². The van der Waals surface area contributed by atoms with Crippen molar-refractivity contribution in [2.24, 2.45) is 40.4 Å². The van der Waals surface area contributed by atoms with E-state index in [4.69, 9.17) is 4.74 Å². The molecule has 0 bridgehead atoms. The Morgan fingerprint density at radius 2 is 1.89 bits per heavy atom. The van der Waals surface area contributed by atoms with Crippen molar-refractivity contribution in [1.82, 2.24) is 0 Å². The number of aliphatic hydroxyl groups is 4. The summed E-state index contributed by atoms with van der Waals surface area (Å²) in [6, 6.07) is 0. The molecule has 10 atom stereocenters. The molecule has 7 heteroatoms. The first-order chi connectivity index (χ1) is 16.5. The topological polar surface area (TPSA) is 124 Å². The highest BCUT2D eigenvalue weighted by Gasteiger charge is 2.69. The predicted molar refractivity (Wildman–Crippen MR) is 128 cm³/mol. The largest absolute Gasteiger partial charge is 0.458 e. The number of cyclic esters (lactones) is 1. The summed E-state index contributed by atoms with van der Waals surface area (Å²) in [6.07, 6.45) is 6.68. The fraction of sp³-hybridized carbons (Fsp3) is 0.786. The van der Waals surface area contributed by atoms with E-state index < -0.39 is 29.2 Å². The molecule has 194 valence electrons. The summed E-state index contributed by atoms with van der Waals surface area (Å²) >= 11 is 0. The summed E-state index contributed by atoms with van der Waals surface area (Å²) in [5.41, 5.74) is -1.40. The lowest BCUT2D eigenvalue weighted by molar-refractivity contribution is -0.232. The molecule has 5 aliphatic rings. The van der Waals surface area contributed by atoms with Crippen LogP contribution in [0.15, 0.2) is 23.3 Å². The first-order valence-electron chi connectivity index (χ1n) is 13.3. The number of hydrogen-bond donors (Lipinski definition) is 4. The second-order valence-electron chi connectivity index (χ2n) is 12.4. The third-order valence-electron chi connectivity index (χ3n) is 11.3. The fourth-order valence-corrected chi connectivity index (χ4v) is 9.25. The molecule has 0 aromatic carbocycles. The molecule has 4 aliphatic carbocycles. The molecule has 0 aromatic heterocycles. The van der Waals surface area contributed by atoms with Crippen LogP contribution in [0.2, 0.25) is 0 Å². The second-order valence-corrected chi connectivity index (χ2v) is 12.4. The second kappa shape index (κ2) is 8.51.